The molecule has 0 radical (unpaired) electrons. The van der Waals surface area contributed by atoms with Crippen LogP contribution < -0.4 is 10.6 Å². The molecule has 0 fully saturated rings. The van der Waals surface area contributed by atoms with Crippen LogP contribution in [0.2, 0.25) is 0 Å². The molecule has 0 aliphatic rings. The summed E-state index contributed by atoms with van der Waals surface area (Å²) in [6, 6.07) is 6.19. The highest BCUT2D eigenvalue weighted by atomic mass is 32.1. The maximum Gasteiger partial charge on any atom is 0.133 e. The summed E-state index contributed by atoms with van der Waals surface area (Å²) in [5.41, 5.74) is 8.13. The Morgan fingerprint density at radius 2 is 2.19 bits per heavy atom. The third-order valence-corrected chi connectivity index (χ3v) is 3.35. The second-order valence-electron chi connectivity index (χ2n) is 3.74. The molecule has 0 amide bonds. The van der Waals surface area contributed by atoms with Gasteiger partial charge in [-0.25, -0.2) is 4.98 Å². The molecule has 0 saturated heterocycles. The second-order valence-corrected chi connectivity index (χ2v) is 4.68. The van der Waals surface area contributed by atoms with Crippen LogP contribution in [0, 0.1) is 0 Å². The molecule has 2 N–H and O–H groups in total. The molecular formula is C12H15N3S. The number of hydrogen-bond donors (Lipinski definition) is 1. The summed E-state index contributed by atoms with van der Waals surface area (Å²) in [6.45, 7) is 0.509. The highest BCUT2D eigenvalue weighted by Gasteiger charge is 2.11. The molecule has 0 unspecified atom stereocenters. The van der Waals surface area contributed by atoms with E-state index in [1.54, 1.807) is 11.3 Å². The lowest BCUT2D eigenvalue weighted by molar-refractivity contribution is 0.989. The van der Waals surface area contributed by atoms with Crippen molar-refractivity contribution < 1.29 is 0 Å². The summed E-state index contributed by atoms with van der Waals surface area (Å²) < 4.78 is 0. The molecule has 0 atom stereocenters. The molecule has 2 aromatic heterocycles. The van der Waals surface area contributed by atoms with E-state index in [9.17, 15) is 0 Å². The Labute approximate surface area is 99.5 Å². The summed E-state index contributed by atoms with van der Waals surface area (Å²) in [5.74, 6) is 0.952. The maximum absolute atomic E-state index is 5.83. The molecule has 3 nitrogen and oxygen atoms in total. The number of thiophene rings is 1. The molecular weight excluding hydrogens is 218 g/mol. The van der Waals surface area contributed by atoms with Crippen LogP contribution in [0.3, 0.4) is 0 Å². The van der Waals surface area contributed by atoms with E-state index in [1.165, 1.54) is 10.4 Å². The van der Waals surface area contributed by atoms with E-state index in [-0.39, 0.29) is 0 Å². The van der Waals surface area contributed by atoms with E-state index < -0.39 is 0 Å². The molecule has 84 valence electrons. The Bertz CT molecular complexity index is 463. The summed E-state index contributed by atoms with van der Waals surface area (Å²) in [4.78, 5) is 7.61. The van der Waals surface area contributed by atoms with Gasteiger partial charge in [0, 0.05) is 42.8 Å². The van der Waals surface area contributed by atoms with Crippen LogP contribution in [-0.2, 0) is 6.54 Å². The quantitative estimate of drug-likeness (QED) is 0.884. The first kappa shape index (κ1) is 11.1. The van der Waals surface area contributed by atoms with Crippen molar-refractivity contribution in [2.45, 2.75) is 6.54 Å². The number of hydrogen-bond acceptors (Lipinski definition) is 4. The van der Waals surface area contributed by atoms with Crippen molar-refractivity contribution in [3.63, 3.8) is 0 Å². The zero-order valence-electron chi connectivity index (χ0n) is 9.47. The fourth-order valence-electron chi connectivity index (χ4n) is 1.73. The van der Waals surface area contributed by atoms with Crippen molar-refractivity contribution in [3.8, 4) is 10.4 Å². The average molecular weight is 233 g/mol. The van der Waals surface area contributed by atoms with Gasteiger partial charge in [-0.1, -0.05) is 6.07 Å². The molecule has 0 spiro atoms. The van der Waals surface area contributed by atoms with Gasteiger partial charge in [0.15, 0.2) is 0 Å². The van der Waals surface area contributed by atoms with Gasteiger partial charge in [-0.3, -0.25) is 0 Å². The Kier molecular flexibility index (Phi) is 3.22. The molecule has 2 rings (SSSR count). The highest BCUT2D eigenvalue weighted by Crippen LogP contribution is 2.31. The second kappa shape index (κ2) is 4.63. The fourth-order valence-corrected chi connectivity index (χ4v) is 2.51. The van der Waals surface area contributed by atoms with Crippen molar-refractivity contribution in [2.75, 3.05) is 19.0 Å². The Hall–Kier alpha value is -1.39. The minimum atomic E-state index is 0.509. The zero-order valence-corrected chi connectivity index (χ0v) is 10.3. The van der Waals surface area contributed by atoms with Crippen molar-refractivity contribution in [2.24, 2.45) is 5.73 Å². The number of rotatable bonds is 3. The molecule has 0 aromatic carbocycles. The van der Waals surface area contributed by atoms with Crippen molar-refractivity contribution in [1.82, 2.24) is 4.98 Å². The lowest BCUT2D eigenvalue weighted by atomic mass is 10.1. The summed E-state index contributed by atoms with van der Waals surface area (Å²) in [6.07, 6.45) is 1.84. The Balaban J connectivity index is 2.58. The minimum absolute atomic E-state index is 0.509. The molecule has 16 heavy (non-hydrogen) atoms. The average Bonchev–Trinajstić information content (AvgIpc) is 2.81. The zero-order chi connectivity index (χ0) is 11.5. The van der Waals surface area contributed by atoms with Crippen LogP contribution in [-0.4, -0.2) is 19.1 Å². The van der Waals surface area contributed by atoms with E-state index in [2.05, 4.69) is 22.5 Å². The number of anilines is 1. The van der Waals surface area contributed by atoms with Gasteiger partial charge < -0.3 is 10.6 Å². The van der Waals surface area contributed by atoms with Crippen molar-refractivity contribution in [3.05, 3.63) is 35.3 Å². The van der Waals surface area contributed by atoms with Crippen LogP contribution in [0.4, 0.5) is 5.82 Å². The van der Waals surface area contributed by atoms with Gasteiger partial charge in [-0.05, 0) is 17.5 Å². The fraction of sp³-hybridized carbons (Fsp3) is 0.250. The van der Waals surface area contributed by atoms with Crippen LogP contribution in [0.25, 0.3) is 10.4 Å². The van der Waals surface area contributed by atoms with E-state index in [1.807, 2.05) is 31.3 Å². The summed E-state index contributed by atoms with van der Waals surface area (Å²) in [5, 5.41) is 2.07. The van der Waals surface area contributed by atoms with Crippen molar-refractivity contribution in [1.29, 1.82) is 0 Å². The van der Waals surface area contributed by atoms with Gasteiger partial charge in [0.2, 0.25) is 0 Å². The van der Waals surface area contributed by atoms with Gasteiger partial charge in [-0.15, -0.1) is 11.3 Å². The number of pyridine rings is 1. The van der Waals surface area contributed by atoms with Crippen LogP contribution in [0.15, 0.2) is 29.8 Å². The van der Waals surface area contributed by atoms with Gasteiger partial charge >= 0.3 is 0 Å². The van der Waals surface area contributed by atoms with Crippen LogP contribution >= 0.6 is 11.3 Å². The van der Waals surface area contributed by atoms with Gasteiger partial charge in [-0.2, -0.15) is 0 Å². The topological polar surface area (TPSA) is 42.2 Å². The predicted octanol–water partition coefficient (Wildman–Crippen LogP) is 2.33. The van der Waals surface area contributed by atoms with E-state index in [0.717, 1.165) is 11.4 Å². The predicted molar refractivity (Wildman–Crippen MR) is 69.8 cm³/mol. The van der Waals surface area contributed by atoms with E-state index in [4.69, 9.17) is 5.73 Å². The first-order chi connectivity index (χ1) is 7.74. The smallest absolute Gasteiger partial charge is 0.133 e. The number of aromatic nitrogens is 1. The van der Waals surface area contributed by atoms with Crippen molar-refractivity contribution >= 4 is 17.2 Å². The molecule has 2 heterocycles. The molecule has 4 heteroatoms. The first-order valence-electron chi connectivity index (χ1n) is 5.13. The lowest BCUT2D eigenvalue weighted by Crippen LogP contribution is -2.15. The number of nitrogens with two attached hydrogens (primary N) is 1. The van der Waals surface area contributed by atoms with E-state index >= 15 is 0 Å². The minimum Gasteiger partial charge on any atom is -0.362 e. The molecule has 2 aromatic rings. The summed E-state index contributed by atoms with van der Waals surface area (Å²) >= 11 is 1.72. The SMILES string of the molecule is CN(C)c1nccc(-c2cccs2)c1CN. The monoisotopic (exact) mass is 233 g/mol. The van der Waals surface area contributed by atoms with Gasteiger partial charge in [0.1, 0.15) is 5.82 Å². The lowest BCUT2D eigenvalue weighted by Gasteiger charge is -2.17. The standard InChI is InChI=1S/C12H15N3S/c1-15(2)12-10(8-13)9(5-6-14-12)11-4-3-7-16-11/h3-7H,8,13H2,1-2H3. The third kappa shape index (κ3) is 1.94. The number of nitrogens with zero attached hydrogens (tertiary/aromatic N) is 2. The summed E-state index contributed by atoms with van der Waals surface area (Å²) in [7, 11) is 3.97. The maximum atomic E-state index is 5.83. The highest BCUT2D eigenvalue weighted by molar-refractivity contribution is 7.13. The molecule has 0 bridgehead atoms. The third-order valence-electron chi connectivity index (χ3n) is 2.45. The normalized spacial score (nSPS) is 10.4. The Morgan fingerprint density at radius 3 is 2.75 bits per heavy atom. The molecule has 0 aliphatic carbocycles. The van der Waals surface area contributed by atoms with Gasteiger partial charge in [0.25, 0.3) is 0 Å². The van der Waals surface area contributed by atoms with Gasteiger partial charge in [0.05, 0.1) is 0 Å². The first-order valence-corrected chi connectivity index (χ1v) is 6.01. The molecule has 0 aliphatic heterocycles. The Morgan fingerprint density at radius 1 is 1.38 bits per heavy atom. The molecule has 0 saturated carbocycles. The van der Waals surface area contributed by atoms with Crippen LogP contribution in [0.1, 0.15) is 5.56 Å². The van der Waals surface area contributed by atoms with Crippen LogP contribution in [0.5, 0.6) is 0 Å². The van der Waals surface area contributed by atoms with E-state index in [0.29, 0.717) is 6.54 Å². The largest absolute Gasteiger partial charge is 0.362 e.